The SMILES string of the molecule is CCC=COCCCC(CCCCCCC)C(c1ccccc1)(c1ccccc1)c1ccccc1. The molecule has 1 nitrogen and oxygen atoms in total. The first kappa shape index (κ1) is 26.8. The predicted octanol–water partition coefficient (Wildman–Crippen LogP) is 9.72. The van der Waals surface area contributed by atoms with Crippen LogP contribution >= 0.6 is 0 Å². The fourth-order valence-corrected chi connectivity index (χ4v) is 5.53. The quantitative estimate of drug-likeness (QED) is 0.115. The van der Waals surface area contributed by atoms with Crippen molar-refractivity contribution in [1.29, 1.82) is 0 Å². The van der Waals surface area contributed by atoms with Crippen molar-refractivity contribution in [3.05, 3.63) is 120 Å². The second-order valence-corrected chi connectivity index (χ2v) is 9.60. The lowest BCUT2D eigenvalue weighted by Gasteiger charge is -2.43. The maximum atomic E-state index is 5.83. The highest BCUT2D eigenvalue weighted by Crippen LogP contribution is 2.49. The Balaban J connectivity index is 2.04. The van der Waals surface area contributed by atoms with Crippen molar-refractivity contribution in [3.63, 3.8) is 0 Å². The molecule has 0 aliphatic heterocycles. The average Bonchev–Trinajstić information content (AvgIpc) is 2.92. The number of rotatable bonds is 16. The number of hydrogen-bond donors (Lipinski definition) is 0. The number of unbranched alkanes of at least 4 members (excludes halogenated alkanes) is 4. The van der Waals surface area contributed by atoms with Crippen LogP contribution < -0.4 is 0 Å². The second kappa shape index (κ2) is 15.2. The van der Waals surface area contributed by atoms with Crippen molar-refractivity contribution >= 4 is 0 Å². The summed E-state index contributed by atoms with van der Waals surface area (Å²) in [6.07, 6.45) is 14.9. The fraction of sp³-hybridized carbons (Fsp3) is 0.412. The number of hydrogen-bond acceptors (Lipinski definition) is 1. The molecule has 3 aromatic carbocycles. The summed E-state index contributed by atoms with van der Waals surface area (Å²) in [6, 6.07) is 33.6. The Bertz CT molecular complexity index is 849. The van der Waals surface area contributed by atoms with Gasteiger partial charge in [-0.3, -0.25) is 0 Å². The summed E-state index contributed by atoms with van der Waals surface area (Å²) in [6.45, 7) is 5.21. The number of benzene rings is 3. The van der Waals surface area contributed by atoms with Crippen molar-refractivity contribution in [3.8, 4) is 0 Å². The molecule has 0 radical (unpaired) electrons. The molecular weight excluding hydrogens is 424 g/mol. The molecule has 0 amide bonds. The maximum absolute atomic E-state index is 5.83. The predicted molar refractivity (Wildman–Crippen MR) is 151 cm³/mol. The van der Waals surface area contributed by atoms with Gasteiger partial charge in [0, 0.05) is 5.41 Å². The Kier molecular flexibility index (Phi) is 11.7. The molecule has 0 spiro atoms. The molecule has 1 unspecified atom stereocenters. The summed E-state index contributed by atoms with van der Waals surface area (Å²) >= 11 is 0. The summed E-state index contributed by atoms with van der Waals surface area (Å²) in [5.41, 5.74) is 3.99. The third kappa shape index (κ3) is 7.34. The van der Waals surface area contributed by atoms with Gasteiger partial charge in [-0.15, -0.1) is 0 Å². The standard InChI is InChI=1S/C34H44O/c1-3-5-7-8-12-20-33(27-19-29-35-28-6-4-2)34(30-21-13-9-14-22-30,31-23-15-10-16-24-31)32-25-17-11-18-26-32/h6,9-11,13-18,21-26,28,33H,3-5,7-8,12,19-20,27,29H2,1-2H3. The van der Waals surface area contributed by atoms with Gasteiger partial charge in [0.2, 0.25) is 0 Å². The van der Waals surface area contributed by atoms with Crippen molar-refractivity contribution < 1.29 is 4.74 Å². The first-order chi connectivity index (χ1) is 17.3. The van der Waals surface area contributed by atoms with Crippen molar-refractivity contribution in [2.45, 2.75) is 77.0 Å². The first-order valence-corrected chi connectivity index (χ1v) is 13.8. The highest BCUT2D eigenvalue weighted by Gasteiger charge is 2.42. The summed E-state index contributed by atoms with van der Waals surface area (Å²) in [7, 11) is 0. The van der Waals surface area contributed by atoms with Gasteiger partial charge in [-0.25, -0.2) is 0 Å². The van der Waals surface area contributed by atoms with Gasteiger partial charge in [0.15, 0.2) is 0 Å². The van der Waals surface area contributed by atoms with Gasteiger partial charge in [-0.05, 0) is 48.3 Å². The first-order valence-electron chi connectivity index (χ1n) is 13.8. The van der Waals surface area contributed by atoms with Gasteiger partial charge in [0.25, 0.3) is 0 Å². The average molecular weight is 469 g/mol. The highest BCUT2D eigenvalue weighted by molar-refractivity contribution is 5.51. The van der Waals surface area contributed by atoms with Crippen LogP contribution in [0.5, 0.6) is 0 Å². The van der Waals surface area contributed by atoms with Gasteiger partial charge in [-0.1, -0.05) is 143 Å². The molecule has 0 heterocycles. The summed E-state index contributed by atoms with van der Waals surface area (Å²) < 4.78 is 5.83. The molecule has 0 aliphatic carbocycles. The third-order valence-corrected chi connectivity index (χ3v) is 7.20. The van der Waals surface area contributed by atoms with Crippen molar-refractivity contribution in [2.75, 3.05) is 6.61 Å². The van der Waals surface area contributed by atoms with E-state index in [0.717, 1.165) is 25.9 Å². The van der Waals surface area contributed by atoms with Crippen LogP contribution in [-0.4, -0.2) is 6.61 Å². The van der Waals surface area contributed by atoms with E-state index in [1.54, 1.807) is 0 Å². The van der Waals surface area contributed by atoms with E-state index in [-0.39, 0.29) is 5.41 Å². The Morgan fingerprint density at radius 3 is 1.60 bits per heavy atom. The molecule has 0 aliphatic rings. The number of allylic oxidation sites excluding steroid dienone is 1. The van der Waals surface area contributed by atoms with Gasteiger partial charge in [0.1, 0.15) is 0 Å². The van der Waals surface area contributed by atoms with Crippen LogP contribution in [0.2, 0.25) is 0 Å². The molecule has 3 rings (SSSR count). The lowest BCUT2D eigenvalue weighted by atomic mass is 9.59. The molecule has 1 atom stereocenters. The van der Waals surface area contributed by atoms with Crippen LogP contribution in [0.4, 0.5) is 0 Å². The number of ether oxygens (including phenoxy) is 1. The molecule has 0 saturated heterocycles. The topological polar surface area (TPSA) is 9.23 Å². The van der Waals surface area contributed by atoms with Crippen LogP contribution in [0, 0.1) is 5.92 Å². The molecule has 3 aromatic rings. The zero-order chi connectivity index (χ0) is 24.6. The van der Waals surface area contributed by atoms with E-state index in [9.17, 15) is 0 Å². The molecule has 0 saturated carbocycles. The second-order valence-electron chi connectivity index (χ2n) is 9.60. The van der Waals surface area contributed by atoms with Crippen LogP contribution in [-0.2, 0) is 10.2 Å². The molecule has 0 bridgehead atoms. The fourth-order valence-electron chi connectivity index (χ4n) is 5.53. The molecule has 0 fully saturated rings. The van der Waals surface area contributed by atoms with Crippen LogP contribution in [0.3, 0.4) is 0 Å². The van der Waals surface area contributed by atoms with Gasteiger partial charge >= 0.3 is 0 Å². The molecule has 0 N–H and O–H groups in total. The summed E-state index contributed by atoms with van der Waals surface area (Å²) in [5, 5.41) is 0. The van der Waals surface area contributed by atoms with E-state index in [1.807, 2.05) is 6.26 Å². The monoisotopic (exact) mass is 468 g/mol. The molecule has 35 heavy (non-hydrogen) atoms. The minimum absolute atomic E-state index is 0.187. The molecule has 186 valence electrons. The van der Waals surface area contributed by atoms with Crippen molar-refractivity contribution in [2.24, 2.45) is 5.92 Å². The summed E-state index contributed by atoms with van der Waals surface area (Å²) in [5.74, 6) is 0.482. The minimum atomic E-state index is -0.187. The van der Waals surface area contributed by atoms with Gasteiger partial charge in [-0.2, -0.15) is 0 Å². The zero-order valence-electron chi connectivity index (χ0n) is 21.9. The van der Waals surface area contributed by atoms with E-state index < -0.39 is 0 Å². The Morgan fingerprint density at radius 1 is 0.629 bits per heavy atom. The lowest BCUT2D eigenvalue weighted by molar-refractivity contribution is 0.216. The molecular formula is C34H44O. The Morgan fingerprint density at radius 2 is 1.11 bits per heavy atom. The molecule has 0 aromatic heterocycles. The largest absolute Gasteiger partial charge is 0.502 e. The van der Waals surface area contributed by atoms with Crippen LogP contribution in [0.1, 0.15) is 88.3 Å². The maximum Gasteiger partial charge on any atom is 0.0873 e. The lowest BCUT2D eigenvalue weighted by Crippen LogP contribution is -2.38. The van der Waals surface area contributed by atoms with E-state index in [2.05, 4.69) is 111 Å². The van der Waals surface area contributed by atoms with E-state index in [1.165, 1.54) is 55.2 Å². The minimum Gasteiger partial charge on any atom is -0.502 e. The van der Waals surface area contributed by atoms with Gasteiger partial charge in [0.05, 0.1) is 12.9 Å². The normalized spacial score (nSPS) is 12.6. The van der Waals surface area contributed by atoms with E-state index in [4.69, 9.17) is 4.74 Å². The van der Waals surface area contributed by atoms with Crippen LogP contribution in [0.15, 0.2) is 103 Å². The molecule has 1 heteroatoms. The van der Waals surface area contributed by atoms with Gasteiger partial charge < -0.3 is 4.74 Å². The Labute approximate surface area is 214 Å². The van der Waals surface area contributed by atoms with E-state index >= 15 is 0 Å². The van der Waals surface area contributed by atoms with Crippen molar-refractivity contribution in [1.82, 2.24) is 0 Å². The third-order valence-electron chi connectivity index (χ3n) is 7.20. The van der Waals surface area contributed by atoms with E-state index in [0.29, 0.717) is 5.92 Å². The highest BCUT2D eigenvalue weighted by atomic mass is 16.5. The smallest absolute Gasteiger partial charge is 0.0873 e. The summed E-state index contributed by atoms with van der Waals surface area (Å²) in [4.78, 5) is 0. The van der Waals surface area contributed by atoms with Crippen LogP contribution in [0.25, 0.3) is 0 Å². The Hall–Kier alpha value is -2.80. The zero-order valence-corrected chi connectivity index (χ0v) is 21.9.